The highest BCUT2D eigenvalue weighted by molar-refractivity contribution is 5.80. The van der Waals surface area contributed by atoms with E-state index in [1.807, 2.05) is 28.0 Å². The number of carboxylic acid groups (broad SMARTS) is 1. The Balaban J connectivity index is 1.54. The molecule has 1 aromatic rings. The molecule has 10 heteroatoms. The Morgan fingerprint density at radius 2 is 1.81 bits per heavy atom. The van der Waals surface area contributed by atoms with E-state index in [2.05, 4.69) is 46.8 Å². The van der Waals surface area contributed by atoms with Crippen molar-refractivity contribution in [3.63, 3.8) is 0 Å². The first-order valence-corrected chi connectivity index (χ1v) is 16.0. The molecule has 0 saturated carbocycles. The third-order valence-electron chi connectivity index (χ3n) is 9.13. The molecule has 3 aliphatic rings. The van der Waals surface area contributed by atoms with E-state index in [1.54, 1.807) is 0 Å². The van der Waals surface area contributed by atoms with Crippen molar-refractivity contribution >= 4 is 17.8 Å². The molecule has 240 valence electrons. The van der Waals surface area contributed by atoms with Crippen LogP contribution in [0.5, 0.6) is 11.5 Å². The number of nitrogens with zero attached hydrogens (tertiary/aromatic N) is 4. The number of quaternary nitrogens is 1. The molecule has 43 heavy (non-hydrogen) atoms. The van der Waals surface area contributed by atoms with E-state index in [1.165, 1.54) is 0 Å². The monoisotopic (exact) mass is 601 g/mol. The summed E-state index contributed by atoms with van der Waals surface area (Å²) in [5.74, 6) is -0.459. The molecular weight excluding hydrogens is 548 g/mol. The van der Waals surface area contributed by atoms with Crippen LogP contribution < -0.4 is 9.47 Å². The van der Waals surface area contributed by atoms with E-state index in [-0.39, 0.29) is 42.5 Å². The molecule has 0 aliphatic carbocycles. The van der Waals surface area contributed by atoms with Gasteiger partial charge in [0.15, 0.2) is 11.5 Å². The Labute approximate surface area is 257 Å². The van der Waals surface area contributed by atoms with E-state index < -0.39 is 11.9 Å². The third kappa shape index (κ3) is 8.62. The number of rotatable bonds is 15. The van der Waals surface area contributed by atoms with Crippen molar-refractivity contribution in [3.05, 3.63) is 23.8 Å². The van der Waals surface area contributed by atoms with E-state index in [4.69, 9.17) is 9.47 Å². The van der Waals surface area contributed by atoms with Crippen molar-refractivity contribution < 1.29 is 33.4 Å². The maximum atomic E-state index is 13.8. The standard InChI is InChI=1S/C33H52N4O6/c1-7-8-14-34(15-9-10-17-37(4,5)6)30(39)21-36-20-25(24-11-12-27-28(18-24)43-23-42-27)31(32(40)41)26(36)13-16-35-22-33(2,3)19-29(35)38/h11-12,18,25-26,31H,7-10,13-17,19-23H2,1-6H3/p+1/t25-,26+,31-/m1/s1. The van der Waals surface area contributed by atoms with Crippen molar-refractivity contribution in [1.82, 2.24) is 14.7 Å². The molecule has 0 radical (unpaired) electrons. The fraction of sp³-hybridized carbons (Fsp3) is 0.727. The summed E-state index contributed by atoms with van der Waals surface area (Å²) in [7, 11) is 6.54. The van der Waals surface area contributed by atoms with Gasteiger partial charge in [-0.15, -0.1) is 0 Å². The van der Waals surface area contributed by atoms with Crippen LogP contribution in [0.1, 0.15) is 70.8 Å². The smallest absolute Gasteiger partial charge is 0.308 e. The Morgan fingerprint density at radius 1 is 1.09 bits per heavy atom. The Morgan fingerprint density at radius 3 is 2.47 bits per heavy atom. The van der Waals surface area contributed by atoms with Crippen LogP contribution in [0.3, 0.4) is 0 Å². The van der Waals surface area contributed by atoms with Crippen molar-refractivity contribution in [2.75, 3.05) is 73.7 Å². The van der Waals surface area contributed by atoms with Gasteiger partial charge in [-0.2, -0.15) is 0 Å². The maximum Gasteiger partial charge on any atom is 0.308 e. The lowest BCUT2D eigenvalue weighted by Crippen LogP contribution is -2.46. The van der Waals surface area contributed by atoms with Crippen LogP contribution in [0.25, 0.3) is 0 Å². The van der Waals surface area contributed by atoms with Gasteiger partial charge in [-0.05, 0) is 48.8 Å². The van der Waals surface area contributed by atoms with E-state index >= 15 is 0 Å². The first kappa shape index (κ1) is 33.1. The van der Waals surface area contributed by atoms with Crippen LogP contribution >= 0.6 is 0 Å². The van der Waals surface area contributed by atoms with Gasteiger partial charge in [0, 0.05) is 51.1 Å². The SMILES string of the molecule is CCCCN(CCCC[N+](C)(C)C)C(=O)CN1C[C@H](c2ccc3c(c2)OCO3)[C@@H](C(=O)O)[C@@H]1CCN1CC(C)(C)CC1=O. The topological polar surface area (TPSA) is 99.6 Å². The van der Waals surface area contributed by atoms with Gasteiger partial charge < -0.3 is 28.9 Å². The van der Waals surface area contributed by atoms with E-state index in [0.29, 0.717) is 57.1 Å². The molecule has 2 amide bonds. The Bertz CT molecular complexity index is 1150. The highest BCUT2D eigenvalue weighted by Gasteiger charge is 2.48. The maximum absolute atomic E-state index is 13.8. The van der Waals surface area contributed by atoms with Crippen LogP contribution in [-0.2, 0) is 14.4 Å². The number of fused-ring (bicyclic) bond motifs is 1. The number of unbranched alkanes of at least 4 members (excludes halogenated alkanes) is 2. The van der Waals surface area contributed by atoms with E-state index in [0.717, 1.165) is 42.3 Å². The van der Waals surface area contributed by atoms with Crippen molar-refractivity contribution in [1.29, 1.82) is 0 Å². The minimum atomic E-state index is -0.876. The second-order valence-corrected chi connectivity index (χ2v) is 14.5. The van der Waals surface area contributed by atoms with Crippen molar-refractivity contribution in [3.8, 4) is 11.5 Å². The zero-order chi connectivity index (χ0) is 31.4. The average Bonchev–Trinajstić information content (AvgIpc) is 3.60. The van der Waals surface area contributed by atoms with Gasteiger partial charge in [-0.25, -0.2) is 0 Å². The molecule has 1 aromatic carbocycles. The number of hydrogen-bond donors (Lipinski definition) is 1. The first-order valence-electron chi connectivity index (χ1n) is 16.0. The largest absolute Gasteiger partial charge is 0.481 e. The van der Waals surface area contributed by atoms with Crippen LogP contribution in [0, 0.1) is 11.3 Å². The fourth-order valence-electron chi connectivity index (χ4n) is 6.88. The van der Waals surface area contributed by atoms with Gasteiger partial charge in [-0.3, -0.25) is 19.3 Å². The lowest BCUT2D eigenvalue weighted by Gasteiger charge is -2.31. The van der Waals surface area contributed by atoms with E-state index in [9.17, 15) is 19.5 Å². The molecule has 0 aromatic heterocycles. The zero-order valence-corrected chi connectivity index (χ0v) is 27.1. The first-order chi connectivity index (χ1) is 20.3. The average molecular weight is 602 g/mol. The summed E-state index contributed by atoms with van der Waals surface area (Å²) in [5.41, 5.74) is 0.785. The van der Waals surface area contributed by atoms with Crippen LogP contribution in [-0.4, -0.2) is 122 Å². The molecular formula is C33H53N4O6+. The summed E-state index contributed by atoms with van der Waals surface area (Å²) < 4.78 is 12.0. The summed E-state index contributed by atoms with van der Waals surface area (Å²) in [6, 6.07) is 5.27. The minimum absolute atomic E-state index is 0.0533. The summed E-state index contributed by atoms with van der Waals surface area (Å²) in [6.07, 6.45) is 4.93. The molecule has 10 nitrogen and oxygen atoms in total. The lowest BCUT2D eigenvalue weighted by molar-refractivity contribution is -0.870. The molecule has 4 rings (SSSR count). The fourth-order valence-corrected chi connectivity index (χ4v) is 6.88. The molecule has 0 bridgehead atoms. The molecule has 2 saturated heterocycles. The number of aliphatic carboxylic acids is 1. The Kier molecular flexibility index (Phi) is 10.6. The minimum Gasteiger partial charge on any atom is -0.481 e. The Hall–Kier alpha value is -2.85. The molecule has 3 atom stereocenters. The predicted molar refractivity (Wildman–Crippen MR) is 165 cm³/mol. The number of carbonyl (C=O) groups excluding carboxylic acids is 2. The number of ether oxygens (including phenoxy) is 2. The van der Waals surface area contributed by atoms with Crippen molar-refractivity contribution in [2.45, 2.75) is 71.3 Å². The second kappa shape index (κ2) is 13.8. The van der Waals surface area contributed by atoms with Crippen LogP contribution in [0.4, 0.5) is 0 Å². The lowest BCUT2D eigenvalue weighted by atomic mass is 9.84. The molecule has 3 heterocycles. The predicted octanol–water partition coefficient (Wildman–Crippen LogP) is 3.65. The molecule has 2 fully saturated rings. The summed E-state index contributed by atoms with van der Waals surface area (Å²) in [4.78, 5) is 45.4. The van der Waals surface area contributed by atoms with Gasteiger partial charge in [0.25, 0.3) is 0 Å². The number of benzene rings is 1. The number of likely N-dealkylation sites (tertiary alicyclic amines) is 2. The summed E-state index contributed by atoms with van der Waals surface area (Å²) in [6.45, 7) is 10.7. The second-order valence-electron chi connectivity index (χ2n) is 14.5. The third-order valence-corrected chi connectivity index (χ3v) is 9.13. The normalized spacial score (nSPS) is 23.3. The van der Waals surface area contributed by atoms with Gasteiger partial charge >= 0.3 is 5.97 Å². The van der Waals surface area contributed by atoms with Gasteiger partial charge in [0.2, 0.25) is 18.6 Å². The van der Waals surface area contributed by atoms with Gasteiger partial charge in [0.1, 0.15) is 0 Å². The number of hydrogen-bond acceptors (Lipinski definition) is 6. The van der Waals surface area contributed by atoms with Crippen LogP contribution in [0.15, 0.2) is 18.2 Å². The molecule has 3 aliphatic heterocycles. The highest BCUT2D eigenvalue weighted by atomic mass is 16.7. The van der Waals surface area contributed by atoms with Crippen molar-refractivity contribution in [2.24, 2.45) is 11.3 Å². The number of carboxylic acids is 1. The summed E-state index contributed by atoms with van der Waals surface area (Å²) >= 11 is 0. The molecule has 0 spiro atoms. The molecule has 0 unspecified atom stereocenters. The molecule has 1 N–H and O–H groups in total. The number of carbonyl (C=O) groups is 3. The summed E-state index contributed by atoms with van der Waals surface area (Å²) in [5, 5.41) is 10.6. The quantitative estimate of drug-likeness (QED) is 0.242. The van der Waals surface area contributed by atoms with Gasteiger partial charge in [-0.1, -0.05) is 33.3 Å². The highest BCUT2D eigenvalue weighted by Crippen LogP contribution is 2.43. The number of amides is 2. The van der Waals surface area contributed by atoms with Gasteiger partial charge in [0.05, 0.1) is 40.2 Å². The zero-order valence-electron chi connectivity index (χ0n) is 27.1. The van der Waals surface area contributed by atoms with Crippen LogP contribution in [0.2, 0.25) is 0 Å².